The fourth-order valence-corrected chi connectivity index (χ4v) is 3.30. The van der Waals surface area contributed by atoms with Gasteiger partial charge in [0.1, 0.15) is 11.3 Å². The number of hydrogen-bond donors (Lipinski definition) is 2. The van der Waals surface area contributed by atoms with Crippen LogP contribution in [0.3, 0.4) is 0 Å². The zero-order chi connectivity index (χ0) is 13.9. The van der Waals surface area contributed by atoms with Gasteiger partial charge >= 0.3 is 0 Å². The normalized spacial score (nSPS) is 18.9. The van der Waals surface area contributed by atoms with Gasteiger partial charge in [-0.25, -0.2) is 4.98 Å². The molecule has 1 aliphatic heterocycles. The highest BCUT2D eigenvalue weighted by atomic mass is 32.2. The molecule has 0 saturated carbocycles. The Labute approximate surface area is 121 Å². The molecule has 20 heavy (non-hydrogen) atoms. The Morgan fingerprint density at radius 3 is 3.05 bits per heavy atom. The molecular formula is C13H15N5OS. The molecule has 0 saturated heterocycles. The lowest BCUT2D eigenvalue weighted by Crippen LogP contribution is -2.35. The van der Waals surface area contributed by atoms with E-state index in [1.54, 1.807) is 31.3 Å². The number of nitrogens with two attached hydrogens (primary N) is 1. The van der Waals surface area contributed by atoms with E-state index >= 15 is 0 Å². The smallest absolute Gasteiger partial charge is 0.135 e. The molecule has 0 amide bonds. The van der Waals surface area contributed by atoms with Crippen molar-refractivity contribution in [2.75, 3.05) is 18.6 Å². The van der Waals surface area contributed by atoms with Gasteiger partial charge in [0.15, 0.2) is 0 Å². The third kappa shape index (κ3) is 2.31. The minimum Gasteiger partial charge on any atom is -0.379 e. The van der Waals surface area contributed by atoms with Crippen LogP contribution in [-0.2, 0) is 4.74 Å². The quantitative estimate of drug-likeness (QED) is 0.890. The number of aromatic nitrogens is 3. The number of hydrogen-bond acceptors (Lipinski definition) is 6. The fourth-order valence-electron chi connectivity index (χ4n) is 2.17. The standard InChI is InChI=1S/C13H15N5OS/c1-19-8-10-12(9-6-16-17-7-9)18(13(14)20-10)11-4-2-3-5-15-11/h2-7,13H,8,14H2,1H3,(H,16,17). The van der Waals surface area contributed by atoms with Crippen LogP contribution in [0.15, 0.2) is 41.7 Å². The molecule has 1 unspecified atom stereocenters. The summed E-state index contributed by atoms with van der Waals surface area (Å²) < 4.78 is 5.27. The van der Waals surface area contributed by atoms with E-state index in [1.165, 1.54) is 0 Å². The first-order valence-corrected chi connectivity index (χ1v) is 7.03. The van der Waals surface area contributed by atoms with Crippen LogP contribution in [0.1, 0.15) is 5.56 Å². The fraction of sp³-hybridized carbons (Fsp3) is 0.231. The van der Waals surface area contributed by atoms with Crippen molar-refractivity contribution in [1.82, 2.24) is 15.2 Å². The number of nitrogens with zero attached hydrogens (tertiary/aromatic N) is 3. The van der Waals surface area contributed by atoms with Gasteiger partial charge in [-0.15, -0.1) is 0 Å². The molecule has 0 bridgehead atoms. The van der Waals surface area contributed by atoms with E-state index in [9.17, 15) is 0 Å². The van der Waals surface area contributed by atoms with Gasteiger partial charge in [-0.3, -0.25) is 10.00 Å². The van der Waals surface area contributed by atoms with Crippen LogP contribution in [0.5, 0.6) is 0 Å². The van der Waals surface area contributed by atoms with E-state index in [2.05, 4.69) is 15.2 Å². The lowest BCUT2D eigenvalue weighted by Gasteiger charge is -2.24. The molecule has 0 aromatic carbocycles. The first kappa shape index (κ1) is 13.2. The van der Waals surface area contributed by atoms with Crippen LogP contribution in [-0.4, -0.2) is 34.4 Å². The van der Waals surface area contributed by atoms with Crippen LogP contribution in [0.2, 0.25) is 0 Å². The van der Waals surface area contributed by atoms with Crippen molar-refractivity contribution in [2.45, 2.75) is 5.50 Å². The summed E-state index contributed by atoms with van der Waals surface area (Å²) in [6, 6.07) is 5.77. The van der Waals surface area contributed by atoms with E-state index < -0.39 is 0 Å². The lowest BCUT2D eigenvalue weighted by atomic mass is 10.2. The monoisotopic (exact) mass is 289 g/mol. The molecule has 3 rings (SSSR count). The summed E-state index contributed by atoms with van der Waals surface area (Å²) in [6.07, 6.45) is 5.38. The molecule has 104 valence electrons. The largest absolute Gasteiger partial charge is 0.379 e. The van der Waals surface area contributed by atoms with Gasteiger partial charge in [-0.1, -0.05) is 17.8 Å². The topological polar surface area (TPSA) is 80.1 Å². The second-order valence-corrected chi connectivity index (χ2v) is 5.47. The van der Waals surface area contributed by atoms with E-state index in [0.29, 0.717) is 6.61 Å². The minimum atomic E-state index is -0.222. The van der Waals surface area contributed by atoms with E-state index in [4.69, 9.17) is 10.5 Å². The molecular weight excluding hydrogens is 274 g/mol. The summed E-state index contributed by atoms with van der Waals surface area (Å²) in [5, 5.41) is 6.85. The Balaban J connectivity index is 2.07. The van der Waals surface area contributed by atoms with Crippen LogP contribution < -0.4 is 10.6 Å². The number of ether oxygens (including phenoxy) is 1. The average molecular weight is 289 g/mol. The highest BCUT2D eigenvalue weighted by Gasteiger charge is 2.33. The van der Waals surface area contributed by atoms with Crippen molar-refractivity contribution in [3.05, 3.63) is 47.3 Å². The molecule has 0 radical (unpaired) electrons. The van der Waals surface area contributed by atoms with E-state index in [1.807, 2.05) is 29.3 Å². The molecule has 7 heteroatoms. The molecule has 2 aromatic heterocycles. The molecule has 3 heterocycles. The summed E-state index contributed by atoms with van der Waals surface area (Å²) in [5.74, 6) is 0.815. The number of thioether (sulfide) groups is 1. The second kappa shape index (κ2) is 5.66. The Morgan fingerprint density at radius 1 is 1.50 bits per heavy atom. The number of nitrogens with one attached hydrogen (secondary N) is 1. The Hall–Kier alpha value is -1.83. The third-order valence-corrected chi connectivity index (χ3v) is 4.01. The number of H-pyrrole nitrogens is 1. The van der Waals surface area contributed by atoms with Gasteiger partial charge in [0.25, 0.3) is 0 Å². The maximum absolute atomic E-state index is 6.25. The van der Waals surface area contributed by atoms with Crippen LogP contribution in [0, 0.1) is 0 Å². The molecule has 1 atom stereocenters. The van der Waals surface area contributed by atoms with Crippen molar-refractivity contribution in [2.24, 2.45) is 5.73 Å². The van der Waals surface area contributed by atoms with Crippen LogP contribution in [0.4, 0.5) is 5.82 Å². The predicted molar refractivity (Wildman–Crippen MR) is 79.7 cm³/mol. The number of anilines is 1. The van der Waals surface area contributed by atoms with Gasteiger partial charge < -0.3 is 10.5 Å². The zero-order valence-corrected chi connectivity index (χ0v) is 11.8. The van der Waals surface area contributed by atoms with Crippen LogP contribution >= 0.6 is 11.8 Å². The SMILES string of the molecule is COCC1=C(c2cn[nH]c2)N(c2ccccn2)C(N)S1. The molecule has 3 N–H and O–H groups in total. The Bertz CT molecular complexity index is 598. The first-order valence-electron chi connectivity index (χ1n) is 6.15. The van der Waals surface area contributed by atoms with E-state index in [-0.39, 0.29) is 5.50 Å². The third-order valence-electron chi connectivity index (χ3n) is 2.97. The Morgan fingerprint density at radius 2 is 2.40 bits per heavy atom. The summed E-state index contributed by atoms with van der Waals surface area (Å²) >= 11 is 1.58. The summed E-state index contributed by atoms with van der Waals surface area (Å²) in [4.78, 5) is 7.47. The van der Waals surface area contributed by atoms with Crippen molar-refractivity contribution in [3.63, 3.8) is 0 Å². The zero-order valence-electron chi connectivity index (χ0n) is 11.0. The van der Waals surface area contributed by atoms with Crippen molar-refractivity contribution in [3.8, 4) is 0 Å². The minimum absolute atomic E-state index is 0.222. The maximum Gasteiger partial charge on any atom is 0.135 e. The average Bonchev–Trinajstić information content (AvgIpc) is 3.08. The molecule has 0 spiro atoms. The van der Waals surface area contributed by atoms with Gasteiger partial charge in [0.05, 0.1) is 18.5 Å². The Kier molecular flexibility index (Phi) is 3.72. The lowest BCUT2D eigenvalue weighted by molar-refractivity contribution is 0.232. The summed E-state index contributed by atoms with van der Waals surface area (Å²) in [5.41, 5.74) is 8.00. The predicted octanol–water partition coefficient (Wildman–Crippen LogP) is 1.62. The van der Waals surface area contributed by atoms with Crippen LogP contribution in [0.25, 0.3) is 5.70 Å². The van der Waals surface area contributed by atoms with Gasteiger partial charge in [0.2, 0.25) is 0 Å². The van der Waals surface area contributed by atoms with Crippen molar-refractivity contribution in [1.29, 1.82) is 0 Å². The number of rotatable bonds is 4. The van der Waals surface area contributed by atoms with Crippen molar-refractivity contribution >= 4 is 23.3 Å². The first-order chi connectivity index (χ1) is 9.81. The molecule has 1 aliphatic rings. The van der Waals surface area contributed by atoms with Gasteiger partial charge in [-0.2, -0.15) is 5.10 Å². The maximum atomic E-state index is 6.25. The number of pyridine rings is 1. The van der Waals surface area contributed by atoms with Crippen molar-refractivity contribution < 1.29 is 4.74 Å². The highest BCUT2D eigenvalue weighted by Crippen LogP contribution is 2.42. The second-order valence-electron chi connectivity index (χ2n) is 4.26. The van der Waals surface area contributed by atoms with Gasteiger partial charge in [-0.05, 0) is 12.1 Å². The molecule has 6 nitrogen and oxygen atoms in total. The molecule has 2 aromatic rings. The van der Waals surface area contributed by atoms with E-state index in [0.717, 1.165) is 22.0 Å². The van der Waals surface area contributed by atoms with Gasteiger partial charge in [0, 0.05) is 30.0 Å². The summed E-state index contributed by atoms with van der Waals surface area (Å²) in [7, 11) is 1.68. The molecule has 0 fully saturated rings. The summed E-state index contributed by atoms with van der Waals surface area (Å²) in [6.45, 7) is 0.516. The molecule has 0 aliphatic carbocycles. The highest BCUT2D eigenvalue weighted by molar-refractivity contribution is 8.04. The number of aromatic amines is 1. The number of methoxy groups -OCH3 is 1.